The summed E-state index contributed by atoms with van der Waals surface area (Å²) >= 11 is 1.81. The van der Waals surface area contributed by atoms with E-state index in [2.05, 4.69) is 26.2 Å². The van der Waals surface area contributed by atoms with Crippen LogP contribution < -0.4 is 0 Å². The maximum absolute atomic E-state index is 4.73. The molecule has 0 radical (unpaired) electrons. The molecular formula is C17H31NS. The Morgan fingerprint density at radius 1 is 0.947 bits per heavy atom. The molecule has 0 aliphatic heterocycles. The third-order valence-corrected chi connectivity index (χ3v) is 4.66. The van der Waals surface area contributed by atoms with Gasteiger partial charge in [-0.3, -0.25) is 0 Å². The molecule has 0 aliphatic carbocycles. The van der Waals surface area contributed by atoms with Crippen molar-refractivity contribution in [2.45, 2.75) is 90.9 Å². The Labute approximate surface area is 123 Å². The Balaban J connectivity index is 2.38. The van der Waals surface area contributed by atoms with Gasteiger partial charge < -0.3 is 0 Å². The molecule has 0 N–H and O–H groups in total. The second kappa shape index (κ2) is 10.4. The first-order valence-corrected chi connectivity index (χ1v) is 9.07. The van der Waals surface area contributed by atoms with E-state index in [-0.39, 0.29) is 0 Å². The number of rotatable bonds is 11. The Bertz CT molecular complexity index is 307. The van der Waals surface area contributed by atoms with Crippen molar-refractivity contribution >= 4 is 11.3 Å². The fraction of sp³-hybridized carbons (Fsp3) is 0.824. The number of nitrogens with zero attached hydrogens (tertiary/aromatic N) is 1. The van der Waals surface area contributed by atoms with Gasteiger partial charge in [-0.15, -0.1) is 11.3 Å². The van der Waals surface area contributed by atoms with E-state index in [4.69, 9.17) is 4.98 Å². The minimum absolute atomic E-state index is 0.721. The third-order valence-electron chi connectivity index (χ3n) is 3.87. The summed E-state index contributed by atoms with van der Waals surface area (Å²) in [5, 5.41) is 3.52. The highest BCUT2D eigenvalue weighted by molar-refractivity contribution is 7.09. The molecule has 2 heteroatoms. The molecule has 110 valence electrons. The number of unbranched alkanes of at least 4 members (excludes halogenated alkanes) is 6. The van der Waals surface area contributed by atoms with E-state index in [1.807, 2.05) is 11.3 Å². The molecule has 1 rings (SSSR count). The molecule has 19 heavy (non-hydrogen) atoms. The molecular weight excluding hydrogens is 250 g/mol. The van der Waals surface area contributed by atoms with Crippen molar-refractivity contribution in [1.29, 1.82) is 0 Å². The highest BCUT2D eigenvalue weighted by Crippen LogP contribution is 2.29. The van der Waals surface area contributed by atoms with Crippen LogP contribution in [0.3, 0.4) is 0 Å². The zero-order chi connectivity index (χ0) is 13.9. The molecule has 0 fully saturated rings. The second-order valence-corrected chi connectivity index (χ2v) is 6.75. The lowest BCUT2D eigenvalue weighted by Gasteiger charge is -2.14. The SMILES string of the molecule is CCCCCCC(CCCCCC)c1csc(C)n1. The fourth-order valence-corrected chi connectivity index (χ4v) is 3.34. The number of aromatic nitrogens is 1. The van der Waals surface area contributed by atoms with Crippen LogP contribution in [0, 0.1) is 6.92 Å². The van der Waals surface area contributed by atoms with Crippen LogP contribution in [0.4, 0.5) is 0 Å². The van der Waals surface area contributed by atoms with Gasteiger partial charge >= 0.3 is 0 Å². The Morgan fingerprint density at radius 2 is 1.53 bits per heavy atom. The van der Waals surface area contributed by atoms with Crippen LogP contribution >= 0.6 is 11.3 Å². The minimum atomic E-state index is 0.721. The van der Waals surface area contributed by atoms with Crippen LogP contribution in [-0.4, -0.2) is 4.98 Å². The van der Waals surface area contributed by atoms with Crippen molar-refractivity contribution in [3.05, 3.63) is 16.1 Å². The molecule has 0 bridgehead atoms. The zero-order valence-corrected chi connectivity index (χ0v) is 13.9. The molecule has 0 amide bonds. The van der Waals surface area contributed by atoms with E-state index in [0.717, 1.165) is 5.92 Å². The van der Waals surface area contributed by atoms with Gasteiger partial charge in [-0.2, -0.15) is 0 Å². The van der Waals surface area contributed by atoms with E-state index in [1.165, 1.54) is 74.9 Å². The third kappa shape index (κ3) is 7.10. The van der Waals surface area contributed by atoms with Gasteiger partial charge in [-0.1, -0.05) is 65.2 Å². The van der Waals surface area contributed by atoms with Crippen LogP contribution in [0.25, 0.3) is 0 Å². The van der Waals surface area contributed by atoms with E-state index in [0.29, 0.717) is 0 Å². The molecule has 1 nitrogen and oxygen atoms in total. The zero-order valence-electron chi connectivity index (χ0n) is 13.1. The summed E-state index contributed by atoms with van der Waals surface area (Å²) in [4.78, 5) is 4.73. The van der Waals surface area contributed by atoms with Gasteiger partial charge in [0, 0.05) is 11.3 Å². The lowest BCUT2D eigenvalue weighted by atomic mass is 9.92. The van der Waals surface area contributed by atoms with E-state index in [9.17, 15) is 0 Å². The molecule has 1 aromatic rings. The highest BCUT2D eigenvalue weighted by Gasteiger charge is 2.13. The van der Waals surface area contributed by atoms with Gasteiger partial charge in [0.25, 0.3) is 0 Å². The molecule has 0 aliphatic rings. The first-order chi connectivity index (χ1) is 9.27. The predicted octanol–water partition coefficient (Wildman–Crippen LogP) is 6.48. The summed E-state index contributed by atoms with van der Waals surface area (Å²) in [5.41, 5.74) is 1.37. The monoisotopic (exact) mass is 281 g/mol. The minimum Gasteiger partial charge on any atom is -0.246 e. The van der Waals surface area contributed by atoms with Crippen molar-refractivity contribution in [3.8, 4) is 0 Å². The van der Waals surface area contributed by atoms with Gasteiger partial charge in [0.05, 0.1) is 10.7 Å². The van der Waals surface area contributed by atoms with Crippen molar-refractivity contribution in [2.75, 3.05) is 0 Å². The van der Waals surface area contributed by atoms with Crippen LogP contribution in [0.2, 0.25) is 0 Å². The fourth-order valence-electron chi connectivity index (χ4n) is 2.64. The summed E-state index contributed by atoms with van der Waals surface area (Å²) in [6.07, 6.45) is 13.7. The maximum Gasteiger partial charge on any atom is 0.0897 e. The van der Waals surface area contributed by atoms with Crippen LogP contribution in [0.5, 0.6) is 0 Å². The van der Waals surface area contributed by atoms with Crippen LogP contribution in [-0.2, 0) is 0 Å². The molecule has 0 saturated heterocycles. The molecule has 0 saturated carbocycles. The van der Waals surface area contributed by atoms with Crippen LogP contribution in [0.1, 0.15) is 94.7 Å². The van der Waals surface area contributed by atoms with Gasteiger partial charge in [0.2, 0.25) is 0 Å². The predicted molar refractivity (Wildman–Crippen MR) is 87.1 cm³/mol. The first kappa shape index (κ1) is 16.7. The summed E-state index contributed by atoms with van der Waals surface area (Å²) in [6.45, 7) is 6.69. The molecule has 1 aromatic heterocycles. The average Bonchev–Trinajstić information content (AvgIpc) is 2.83. The summed E-state index contributed by atoms with van der Waals surface area (Å²) in [7, 11) is 0. The average molecular weight is 282 g/mol. The molecule has 0 atom stereocenters. The van der Waals surface area contributed by atoms with E-state index < -0.39 is 0 Å². The van der Waals surface area contributed by atoms with Crippen LogP contribution in [0.15, 0.2) is 5.38 Å². The Morgan fingerprint density at radius 3 is 1.95 bits per heavy atom. The van der Waals surface area contributed by atoms with E-state index in [1.54, 1.807) is 0 Å². The largest absolute Gasteiger partial charge is 0.246 e. The van der Waals surface area contributed by atoms with Gasteiger partial charge in [-0.05, 0) is 19.8 Å². The number of aryl methyl sites for hydroxylation is 1. The van der Waals surface area contributed by atoms with Crippen molar-refractivity contribution < 1.29 is 0 Å². The van der Waals surface area contributed by atoms with Gasteiger partial charge in [0.1, 0.15) is 0 Å². The van der Waals surface area contributed by atoms with Gasteiger partial charge in [-0.25, -0.2) is 4.98 Å². The lowest BCUT2D eigenvalue weighted by Crippen LogP contribution is -2.00. The first-order valence-electron chi connectivity index (χ1n) is 8.20. The lowest BCUT2D eigenvalue weighted by molar-refractivity contribution is 0.490. The topological polar surface area (TPSA) is 12.9 Å². The van der Waals surface area contributed by atoms with E-state index >= 15 is 0 Å². The summed E-state index contributed by atoms with van der Waals surface area (Å²) < 4.78 is 0. The molecule has 0 aromatic carbocycles. The standard InChI is InChI=1S/C17H31NS/c1-4-6-8-10-12-16(13-11-9-7-5-2)17-14-19-15(3)18-17/h14,16H,4-13H2,1-3H3. The Kier molecular flexibility index (Phi) is 9.15. The summed E-state index contributed by atoms with van der Waals surface area (Å²) in [5.74, 6) is 0.721. The molecule has 0 unspecified atom stereocenters. The van der Waals surface area contributed by atoms with Crippen molar-refractivity contribution in [2.24, 2.45) is 0 Å². The number of hydrogen-bond acceptors (Lipinski definition) is 2. The molecule has 1 heterocycles. The van der Waals surface area contributed by atoms with Crippen molar-refractivity contribution in [3.63, 3.8) is 0 Å². The quantitative estimate of drug-likeness (QED) is 0.423. The number of hydrogen-bond donors (Lipinski definition) is 0. The maximum atomic E-state index is 4.73. The van der Waals surface area contributed by atoms with Crippen molar-refractivity contribution in [1.82, 2.24) is 4.98 Å². The Hall–Kier alpha value is -0.370. The molecule has 0 spiro atoms. The normalized spacial score (nSPS) is 11.4. The number of thiazole rings is 1. The summed E-state index contributed by atoms with van der Waals surface area (Å²) in [6, 6.07) is 0. The smallest absolute Gasteiger partial charge is 0.0897 e. The highest BCUT2D eigenvalue weighted by atomic mass is 32.1. The second-order valence-electron chi connectivity index (χ2n) is 5.69. The van der Waals surface area contributed by atoms with Gasteiger partial charge in [0.15, 0.2) is 0 Å².